The van der Waals surface area contributed by atoms with Crippen molar-refractivity contribution in [2.75, 3.05) is 18.5 Å². The van der Waals surface area contributed by atoms with Crippen LogP contribution in [0.1, 0.15) is 6.42 Å². The van der Waals surface area contributed by atoms with E-state index in [1.54, 1.807) is 16.8 Å². The van der Waals surface area contributed by atoms with Crippen LogP contribution >= 0.6 is 0 Å². The molecule has 3 rings (SSSR count). The van der Waals surface area contributed by atoms with Gasteiger partial charge < -0.3 is 9.47 Å². The summed E-state index contributed by atoms with van der Waals surface area (Å²) in [5.74, 6) is 0. The Morgan fingerprint density at radius 1 is 0.929 bits per heavy atom. The number of hydrogen-bond acceptors (Lipinski definition) is 3. The Morgan fingerprint density at radius 3 is 2.04 bits per heavy atom. The van der Waals surface area contributed by atoms with E-state index in [-0.39, 0.29) is 6.03 Å². The highest BCUT2D eigenvalue weighted by atomic mass is 16.2. The molecule has 2 aromatic carbocycles. The van der Waals surface area contributed by atoms with E-state index >= 15 is 0 Å². The van der Waals surface area contributed by atoms with Gasteiger partial charge in [-0.25, -0.2) is 9.59 Å². The van der Waals surface area contributed by atoms with Crippen LogP contribution in [0.25, 0.3) is 0 Å². The van der Waals surface area contributed by atoms with E-state index in [9.17, 15) is 14.4 Å². The third-order valence-corrected chi connectivity index (χ3v) is 4.34. The number of benzene rings is 2. The van der Waals surface area contributed by atoms with Gasteiger partial charge in [0.15, 0.2) is 0 Å². The Balaban J connectivity index is 1.72. The predicted octanol–water partition coefficient (Wildman–Crippen LogP) is 2.82. The van der Waals surface area contributed by atoms with Gasteiger partial charge in [0.2, 0.25) is 0 Å². The SMILES string of the molecule is CN(CCCn1ccc(=O)[nH]c1=O)C(=O)N(c1ccccc1)c1ccccc1. The molecule has 0 atom stereocenters. The number of amides is 2. The Hall–Kier alpha value is -3.61. The third kappa shape index (κ3) is 4.56. The monoisotopic (exact) mass is 378 g/mol. The molecule has 1 N–H and O–H groups in total. The van der Waals surface area contributed by atoms with E-state index in [2.05, 4.69) is 4.98 Å². The molecule has 0 unspecified atom stereocenters. The number of nitrogens with zero attached hydrogens (tertiary/aromatic N) is 3. The molecule has 0 radical (unpaired) electrons. The summed E-state index contributed by atoms with van der Waals surface area (Å²) in [6, 6.07) is 20.1. The maximum atomic E-state index is 13.1. The van der Waals surface area contributed by atoms with Crippen molar-refractivity contribution < 1.29 is 4.79 Å². The first kappa shape index (κ1) is 19.2. The van der Waals surface area contributed by atoms with Crippen molar-refractivity contribution >= 4 is 17.4 Å². The van der Waals surface area contributed by atoms with Crippen LogP contribution in [-0.2, 0) is 6.54 Å². The summed E-state index contributed by atoms with van der Waals surface area (Å²) in [6.45, 7) is 0.866. The van der Waals surface area contributed by atoms with E-state index in [0.29, 0.717) is 19.5 Å². The van der Waals surface area contributed by atoms with Crippen LogP contribution in [0.5, 0.6) is 0 Å². The quantitative estimate of drug-likeness (QED) is 0.716. The number of hydrogen-bond donors (Lipinski definition) is 1. The lowest BCUT2D eigenvalue weighted by molar-refractivity contribution is 0.216. The molecule has 2 amide bonds. The standard InChI is InChI=1S/C21H22N4O3/c1-23(14-8-15-24-16-13-19(26)22-20(24)27)21(28)25(17-9-4-2-5-10-17)18-11-6-3-7-12-18/h2-7,9-13,16H,8,14-15H2,1H3,(H,22,26,27). The van der Waals surface area contributed by atoms with Crippen molar-refractivity contribution in [2.24, 2.45) is 0 Å². The zero-order valence-corrected chi connectivity index (χ0v) is 15.6. The molecule has 144 valence electrons. The second-order valence-electron chi connectivity index (χ2n) is 6.37. The van der Waals surface area contributed by atoms with Crippen LogP contribution in [0, 0.1) is 0 Å². The average molecular weight is 378 g/mol. The van der Waals surface area contributed by atoms with E-state index in [1.165, 1.54) is 16.8 Å². The molecule has 3 aromatic rings. The minimum atomic E-state index is -0.448. The van der Waals surface area contributed by atoms with Gasteiger partial charge in [-0.05, 0) is 30.7 Å². The molecular weight excluding hydrogens is 356 g/mol. The van der Waals surface area contributed by atoms with Gasteiger partial charge in [0.05, 0.1) is 11.4 Å². The summed E-state index contributed by atoms with van der Waals surface area (Å²) >= 11 is 0. The van der Waals surface area contributed by atoms with Gasteiger partial charge in [-0.15, -0.1) is 0 Å². The number of urea groups is 1. The number of rotatable bonds is 6. The van der Waals surface area contributed by atoms with Crippen LogP contribution in [0.3, 0.4) is 0 Å². The Kier molecular flexibility index (Phi) is 6.06. The third-order valence-electron chi connectivity index (χ3n) is 4.34. The van der Waals surface area contributed by atoms with Crippen molar-refractivity contribution in [1.29, 1.82) is 0 Å². The number of anilines is 2. The topological polar surface area (TPSA) is 78.4 Å². The van der Waals surface area contributed by atoms with Crippen molar-refractivity contribution in [3.63, 3.8) is 0 Å². The molecule has 28 heavy (non-hydrogen) atoms. The fraction of sp³-hybridized carbons (Fsp3) is 0.190. The maximum Gasteiger partial charge on any atom is 0.328 e. The first-order valence-corrected chi connectivity index (χ1v) is 9.01. The minimum absolute atomic E-state index is 0.161. The highest BCUT2D eigenvalue weighted by molar-refractivity contribution is 5.99. The zero-order chi connectivity index (χ0) is 19.9. The first-order chi connectivity index (χ1) is 13.6. The summed E-state index contributed by atoms with van der Waals surface area (Å²) in [4.78, 5) is 41.5. The largest absolute Gasteiger partial charge is 0.328 e. The van der Waals surface area contributed by atoms with Crippen molar-refractivity contribution in [3.8, 4) is 0 Å². The molecule has 7 heteroatoms. The van der Waals surface area contributed by atoms with E-state index in [1.807, 2.05) is 60.7 Å². The van der Waals surface area contributed by atoms with E-state index in [4.69, 9.17) is 0 Å². The molecule has 0 aliphatic heterocycles. The molecule has 7 nitrogen and oxygen atoms in total. The second-order valence-corrected chi connectivity index (χ2v) is 6.37. The molecule has 1 aromatic heterocycles. The van der Waals surface area contributed by atoms with Gasteiger partial charge in [0.1, 0.15) is 0 Å². The summed E-state index contributed by atoms with van der Waals surface area (Å²) in [6.07, 6.45) is 2.04. The van der Waals surface area contributed by atoms with Crippen LogP contribution in [0.4, 0.5) is 16.2 Å². The molecule has 0 aliphatic carbocycles. The number of para-hydroxylation sites is 2. The van der Waals surface area contributed by atoms with Crippen molar-refractivity contribution in [2.45, 2.75) is 13.0 Å². The predicted molar refractivity (Wildman–Crippen MR) is 109 cm³/mol. The fourth-order valence-electron chi connectivity index (χ4n) is 2.89. The molecule has 0 fully saturated rings. The lowest BCUT2D eigenvalue weighted by Crippen LogP contribution is -2.39. The van der Waals surface area contributed by atoms with Crippen LogP contribution in [-0.4, -0.2) is 34.1 Å². The summed E-state index contributed by atoms with van der Waals surface area (Å²) < 4.78 is 1.42. The average Bonchev–Trinajstić information content (AvgIpc) is 2.71. The number of nitrogens with one attached hydrogen (secondary N) is 1. The molecule has 0 saturated heterocycles. The minimum Gasteiger partial charge on any atom is -0.327 e. The number of aryl methyl sites for hydroxylation is 1. The second kappa shape index (κ2) is 8.85. The molecule has 0 saturated carbocycles. The van der Waals surface area contributed by atoms with Gasteiger partial charge in [0, 0.05) is 32.4 Å². The van der Waals surface area contributed by atoms with Gasteiger partial charge in [-0.1, -0.05) is 36.4 Å². The fourth-order valence-corrected chi connectivity index (χ4v) is 2.89. The number of aromatic nitrogens is 2. The smallest absolute Gasteiger partial charge is 0.327 e. The lowest BCUT2D eigenvalue weighted by atomic mass is 10.2. The summed E-state index contributed by atoms with van der Waals surface area (Å²) in [5, 5.41) is 0. The highest BCUT2D eigenvalue weighted by Crippen LogP contribution is 2.26. The van der Waals surface area contributed by atoms with Crippen molar-refractivity contribution in [3.05, 3.63) is 93.8 Å². The number of H-pyrrole nitrogens is 1. The first-order valence-electron chi connectivity index (χ1n) is 9.01. The number of carbonyl (C=O) groups is 1. The Bertz CT molecular complexity index is 989. The van der Waals surface area contributed by atoms with Crippen LogP contribution in [0.2, 0.25) is 0 Å². The van der Waals surface area contributed by atoms with Gasteiger partial charge in [-0.2, -0.15) is 0 Å². The highest BCUT2D eigenvalue weighted by Gasteiger charge is 2.21. The molecule has 1 heterocycles. The van der Waals surface area contributed by atoms with Crippen LogP contribution in [0.15, 0.2) is 82.5 Å². The van der Waals surface area contributed by atoms with Gasteiger partial charge in [-0.3, -0.25) is 14.7 Å². The zero-order valence-electron chi connectivity index (χ0n) is 15.6. The van der Waals surface area contributed by atoms with Crippen molar-refractivity contribution in [1.82, 2.24) is 14.5 Å². The number of carbonyl (C=O) groups excluding carboxylic acids is 1. The maximum absolute atomic E-state index is 13.1. The Labute approximate surface area is 162 Å². The normalized spacial score (nSPS) is 10.5. The molecular formula is C21H22N4O3. The van der Waals surface area contributed by atoms with E-state index < -0.39 is 11.2 Å². The lowest BCUT2D eigenvalue weighted by Gasteiger charge is -2.28. The molecule has 0 aliphatic rings. The van der Waals surface area contributed by atoms with E-state index in [0.717, 1.165) is 11.4 Å². The molecule has 0 spiro atoms. The van der Waals surface area contributed by atoms with Gasteiger partial charge in [0.25, 0.3) is 5.56 Å². The molecule has 0 bridgehead atoms. The van der Waals surface area contributed by atoms with Gasteiger partial charge >= 0.3 is 11.7 Å². The van der Waals surface area contributed by atoms with Crippen LogP contribution < -0.4 is 16.1 Å². The number of aromatic amines is 1. The summed E-state index contributed by atoms with van der Waals surface area (Å²) in [7, 11) is 1.73. The Morgan fingerprint density at radius 2 is 1.50 bits per heavy atom. The summed E-state index contributed by atoms with van der Waals surface area (Å²) in [5.41, 5.74) is 0.691.